The van der Waals surface area contributed by atoms with E-state index in [1.807, 2.05) is 0 Å². The van der Waals surface area contributed by atoms with Gasteiger partial charge in [-0.15, -0.1) is 0 Å². The summed E-state index contributed by atoms with van der Waals surface area (Å²) in [6.45, 7) is 9.69. The average Bonchev–Trinajstić information content (AvgIpc) is 3.09. The predicted molar refractivity (Wildman–Crippen MR) is 78.9 cm³/mol. The second-order valence-corrected chi connectivity index (χ2v) is 7.62. The third kappa shape index (κ3) is 4.55. The highest BCUT2D eigenvalue weighted by Gasteiger charge is 2.29. The summed E-state index contributed by atoms with van der Waals surface area (Å²) in [5.41, 5.74) is 0.594. The lowest BCUT2D eigenvalue weighted by Gasteiger charge is -2.39. The van der Waals surface area contributed by atoms with Crippen LogP contribution in [0.3, 0.4) is 0 Å². The van der Waals surface area contributed by atoms with Gasteiger partial charge in [0.15, 0.2) is 0 Å². The van der Waals surface area contributed by atoms with Gasteiger partial charge in [0.1, 0.15) is 0 Å². The molecule has 106 valence electrons. The van der Waals surface area contributed by atoms with E-state index in [0.29, 0.717) is 5.41 Å². The van der Waals surface area contributed by atoms with E-state index in [4.69, 9.17) is 0 Å². The molecule has 0 aromatic heterocycles. The fourth-order valence-corrected chi connectivity index (χ4v) is 3.19. The van der Waals surface area contributed by atoms with E-state index in [-0.39, 0.29) is 0 Å². The van der Waals surface area contributed by atoms with Gasteiger partial charge in [-0.1, -0.05) is 20.8 Å². The van der Waals surface area contributed by atoms with Gasteiger partial charge in [0.05, 0.1) is 0 Å². The Hall–Kier alpha value is -0.0800. The van der Waals surface area contributed by atoms with E-state index in [0.717, 1.165) is 18.0 Å². The highest BCUT2D eigenvalue weighted by atomic mass is 15.1. The predicted octanol–water partition coefficient (Wildman–Crippen LogP) is 3.28. The topological polar surface area (TPSA) is 15.3 Å². The van der Waals surface area contributed by atoms with Crippen LogP contribution in [0.15, 0.2) is 0 Å². The number of nitrogens with one attached hydrogen (secondary N) is 1. The van der Waals surface area contributed by atoms with Crippen LogP contribution >= 0.6 is 0 Å². The summed E-state index contributed by atoms with van der Waals surface area (Å²) in [7, 11) is 2.33. The van der Waals surface area contributed by atoms with Gasteiger partial charge >= 0.3 is 0 Å². The van der Waals surface area contributed by atoms with Crippen LogP contribution in [0.1, 0.15) is 59.3 Å². The van der Waals surface area contributed by atoms with Gasteiger partial charge in [-0.05, 0) is 63.5 Å². The average molecular weight is 252 g/mol. The number of nitrogens with zero attached hydrogens (tertiary/aromatic N) is 1. The number of hydrogen-bond acceptors (Lipinski definition) is 2. The highest BCUT2D eigenvalue weighted by Crippen LogP contribution is 2.36. The van der Waals surface area contributed by atoms with Crippen LogP contribution in [0.5, 0.6) is 0 Å². The minimum Gasteiger partial charge on any atom is -0.314 e. The maximum absolute atomic E-state index is 3.65. The van der Waals surface area contributed by atoms with Crippen molar-refractivity contribution in [3.63, 3.8) is 0 Å². The van der Waals surface area contributed by atoms with Crippen LogP contribution in [0, 0.1) is 11.3 Å². The lowest BCUT2D eigenvalue weighted by atomic mass is 9.75. The zero-order valence-electron chi connectivity index (χ0n) is 12.8. The summed E-state index contributed by atoms with van der Waals surface area (Å²) in [5.74, 6) is 0.783. The Morgan fingerprint density at radius 1 is 1.17 bits per heavy atom. The number of hydrogen-bond donors (Lipinski definition) is 1. The smallest absolute Gasteiger partial charge is 0.00927 e. The molecule has 0 radical (unpaired) electrons. The molecule has 1 atom stereocenters. The quantitative estimate of drug-likeness (QED) is 0.780. The molecular formula is C16H32N2. The molecule has 0 spiro atoms. The van der Waals surface area contributed by atoms with E-state index in [9.17, 15) is 0 Å². The van der Waals surface area contributed by atoms with E-state index in [1.54, 1.807) is 0 Å². The number of rotatable bonds is 6. The van der Waals surface area contributed by atoms with Crippen molar-refractivity contribution in [3.05, 3.63) is 0 Å². The SMILES string of the molecule is CC(CNC1CC1)CN(C)C1CCC(C)(C)CC1. The van der Waals surface area contributed by atoms with Gasteiger partial charge in [0.2, 0.25) is 0 Å². The van der Waals surface area contributed by atoms with Gasteiger partial charge in [-0.2, -0.15) is 0 Å². The van der Waals surface area contributed by atoms with Crippen LogP contribution in [-0.2, 0) is 0 Å². The summed E-state index contributed by atoms with van der Waals surface area (Å²) in [6.07, 6.45) is 8.40. The van der Waals surface area contributed by atoms with E-state index in [2.05, 4.69) is 38.0 Å². The Balaban J connectivity index is 1.65. The Morgan fingerprint density at radius 3 is 2.33 bits per heavy atom. The van der Waals surface area contributed by atoms with Crippen molar-refractivity contribution in [2.24, 2.45) is 11.3 Å². The Kier molecular flexibility index (Phi) is 4.71. The monoisotopic (exact) mass is 252 g/mol. The lowest BCUT2D eigenvalue weighted by Crippen LogP contribution is -2.41. The zero-order chi connectivity index (χ0) is 13.2. The van der Waals surface area contributed by atoms with Gasteiger partial charge < -0.3 is 10.2 Å². The summed E-state index contributed by atoms with van der Waals surface area (Å²) < 4.78 is 0. The second-order valence-electron chi connectivity index (χ2n) is 7.62. The highest BCUT2D eigenvalue weighted by molar-refractivity contribution is 4.84. The molecule has 18 heavy (non-hydrogen) atoms. The van der Waals surface area contributed by atoms with Crippen LogP contribution in [0.4, 0.5) is 0 Å². The Bertz CT molecular complexity index is 248. The molecule has 2 heteroatoms. The normalized spacial score (nSPS) is 26.5. The first-order valence-corrected chi connectivity index (χ1v) is 7.90. The molecule has 2 saturated carbocycles. The second kappa shape index (κ2) is 5.92. The molecule has 0 aromatic rings. The lowest BCUT2D eigenvalue weighted by molar-refractivity contribution is 0.116. The first-order chi connectivity index (χ1) is 8.46. The Morgan fingerprint density at radius 2 is 1.78 bits per heavy atom. The van der Waals surface area contributed by atoms with E-state index in [1.165, 1.54) is 51.6 Å². The maximum atomic E-state index is 3.65. The third-order valence-electron chi connectivity index (χ3n) is 4.86. The zero-order valence-corrected chi connectivity index (χ0v) is 12.8. The molecule has 0 aromatic carbocycles. The minimum atomic E-state index is 0.594. The fraction of sp³-hybridized carbons (Fsp3) is 1.00. The van der Waals surface area contributed by atoms with Crippen molar-refractivity contribution in [2.75, 3.05) is 20.1 Å². The standard InChI is InChI=1S/C16H32N2/c1-13(11-17-14-5-6-14)12-18(4)15-7-9-16(2,3)10-8-15/h13-15,17H,5-12H2,1-4H3. The van der Waals surface area contributed by atoms with Gasteiger partial charge in [-0.3, -0.25) is 0 Å². The first kappa shape index (κ1) is 14.3. The molecule has 0 amide bonds. The third-order valence-corrected chi connectivity index (χ3v) is 4.86. The molecule has 0 saturated heterocycles. The van der Waals surface area contributed by atoms with Gasteiger partial charge in [0, 0.05) is 18.6 Å². The van der Waals surface area contributed by atoms with Crippen LogP contribution in [-0.4, -0.2) is 37.1 Å². The summed E-state index contributed by atoms with van der Waals surface area (Å²) in [4.78, 5) is 2.62. The van der Waals surface area contributed by atoms with Crippen molar-refractivity contribution in [1.82, 2.24) is 10.2 Å². The first-order valence-electron chi connectivity index (χ1n) is 7.90. The van der Waals surface area contributed by atoms with Gasteiger partial charge in [-0.25, -0.2) is 0 Å². The van der Waals surface area contributed by atoms with Crippen LogP contribution in [0.2, 0.25) is 0 Å². The van der Waals surface area contributed by atoms with E-state index >= 15 is 0 Å². The van der Waals surface area contributed by atoms with Gasteiger partial charge in [0.25, 0.3) is 0 Å². The molecule has 2 aliphatic rings. The molecule has 2 fully saturated rings. The van der Waals surface area contributed by atoms with Crippen molar-refractivity contribution < 1.29 is 0 Å². The molecule has 2 rings (SSSR count). The molecule has 0 bridgehead atoms. The maximum Gasteiger partial charge on any atom is 0.00927 e. The van der Waals surface area contributed by atoms with Crippen molar-refractivity contribution in [2.45, 2.75) is 71.4 Å². The summed E-state index contributed by atoms with van der Waals surface area (Å²) >= 11 is 0. The van der Waals surface area contributed by atoms with Crippen molar-refractivity contribution >= 4 is 0 Å². The van der Waals surface area contributed by atoms with Crippen LogP contribution < -0.4 is 5.32 Å². The van der Waals surface area contributed by atoms with E-state index < -0.39 is 0 Å². The molecule has 0 aliphatic heterocycles. The molecule has 1 N–H and O–H groups in total. The summed E-state index contributed by atoms with van der Waals surface area (Å²) in [6, 6.07) is 1.69. The molecule has 2 nitrogen and oxygen atoms in total. The van der Waals surface area contributed by atoms with Crippen molar-refractivity contribution in [1.29, 1.82) is 0 Å². The minimum absolute atomic E-state index is 0.594. The van der Waals surface area contributed by atoms with Crippen molar-refractivity contribution in [3.8, 4) is 0 Å². The Labute approximate surface area is 114 Å². The summed E-state index contributed by atoms with van der Waals surface area (Å²) in [5, 5.41) is 3.65. The molecule has 1 unspecified atom stereocenters. The molecule has 2 aliphatic carbocycles. The van der Waals surface area contributed by atoms with Crippen LogP contribution in [0.25, 0.3) is 0 Å². The largest absolute Gasteiger partial charge is 0.314 e. The fourth-order valence-electron chi connectivity index (χ4n) is 3.19. The molecule has 0 heterocycles. The molecular weight excluding hydrogens is 220 g/mol.